The van der Waals surface area contributed by atoms with Crippen LogP contribution in [0, 0.1) is 0 Å². The van der Waals surface area contributed by atoms with Crippen LogP contribution in [-0.2, 0) is 5.92 Å². The summed E-state index contributed by atoms with van der Waals surface area (Å²) in [5.74, 6) is -2.88. The lowest BCUT2D eigenvalue weighted by atomic mass is 10.1. The largest absolute Gasteiger partial charge is 0.304 e. The Bertz CT molecular complexity index is 500. The molecule has 4 heteroatoms. The van der Waals surface area contributed by atoms with Gasteiger partial charge >= 0.3 is 0 Å². The molecule has 2 nitrogen and oxygen atoms in total. The van der Waals surface area contributed by atoms with Crippen molar-refractivity contribution in [3.63, 3.8) is 0 Å². The number of pyridine rings is 1. The molecule has 0 aliphatic heterocycles. The number of benzene rings is 1. The first-order valence-electron chi connectivity index (χ1n) is 6.16. The second-order valence-corrected chi connectivity index (χ2v) is 4.46. The monoisotopic (exact) mass is 262 g/mol. The Hall–Kier alpha value is -1.81. The van der Waals surface area contributed by atoms with E-state index in [1.165, 1.54) is 12.1 Å². The molecule has 1 aromatic carbocycles. The van der Waals surface area contributed by atoms with Gasteiger partial charge in [0, 0.05) is 24.0 Å². The van der Waals surface area contributed by atoms with Crippen LogP contribution >= 0.6 is 0 Å². The number of halogens is 2. The Morgan fingerprint density at radius 3 is 2.53 bits per heavy atom. The van der Waals surface area contributed by atoms with Crippen molar-refractivity contribution < 1.29 is 8.78 Å². The van der Waals surface area contributed by atoms with Crippen molar-refractivity contribution in [3.8, 4) is 0 Å². The molecule has 0 spiro atoms. The third kappa shape index (κ3) is 3.58. The quantitative estimate of drug-likeness (QED) is 0.891. The first-order chi connectivity index (χ1) is 9.09. The van der Waals surface area contributed by atoms with E-state index in [0.29, 0.717) is 0 Å². The number of nitrogens with zero attached hydrogens (tertiary/aromatic N) is 1. The third-order valence-corrected chi connectivity index (χ3v) is 3.01. The summed E-state index contributed by atoms with van der Waals surface area (Å²) in [7, 11) is 0. The van der Waals surface area contributed by atoms with E-state index in [-0.39, 0.29) is 11.6 Å². The van der Waals surface area contributed by atoms with Crippen LogP contribution in [0.15, 0.2) is 54.9 Å². The third-order valence-electron chi connectivity index (χ3n) is 3.01. The van der Waals surface area contributed by atoms with Gasteiger partial charge in [0.2, 0.25) is 0 Å². The second kappa shape index (κ2) is 5.89. The van der Waals surface area contributed by atoms with Gasteiger partial charge in [-0.05, 0) is 18.6 Å². The molecule has 0 saturated carbocycles. The molecule has 0 aliphatic carbocycles. The SMILES string of the molecule is C[C@@H](NCC(F)(F)c1ccccc1)c1cccnc1. The molecule has 1 aromatic heterocycles. The fourth-order valence-electron chi connectivity index (χ4n) is 1.82. The Morgan fingerprint density at radius 2 is 1.89 bits per heavy atom. The first-order valence-corrected chi connectivity index (χ1v) is 6.16. The summed E-state index contributed by atoms with van der Waals surface area (Å²) in [5.41, 5.74) is 0.923. The smallest absolute Gasteiger partial charge is 0.285 e. The van der Waals surface area contributed by atoms with Gasteiger partial charge in [-0.2, -0.15) is 8.78 Å². The summed E-state index contributed by atoms with van der Waals surface area (Å²) in [5, 5.41) is 2.85. The molecule has 0 radical (unpaired) electrons. The molecule has 2 aromatic rings. The molecule has 2 rings (SSSR count). The molecule has 19 heavy (non-hydrogen) atoms. The highest BCUT2D eigenvalue weighted by molar-refractivity contribution is 5.20. The van der Waals surface area contributed by atoms with Crippen molar-refractivity contribution in [2.45, 2.75) is 18.9 Å². The molecule has 0 aliphatic rings. The normalized spacial score (nSPS) is 13.2. The zero-order chi connectivity index (χ0) is 13.7. The fourth-order valence-corrected chi connectivity index (χ4v) is 1.82. The van der Waals surface area contributed by atoms with Gasteiger partial charge in [0.05, 0.1) is 6.54 Å². The van der Waals surface area contributed by atoms with Crippen LogP contribution in [0.3, 0.4) is 0 Å². The van der Waals surface area contributed by atoms with Crippen molar-refractivity contribution in [3.05, 3.63) is 66.0 Å². The van der Waals surface area contributed by atoms with E-state index < -0.39 is 12.5 Å². The number of hydrogen-bond donors (Lipinski definition) is 1. The number of rotatable bonds is 5. The Morgan fingerprint density at radius 1 is 1.16 bits per heavy atom. The highest BCUT2D eigenvalue weighted by Gasteiger charge is 2.31. The van der Waals surface area contributed by atoms with E-state index in [9.17, 15) is 8.78 Å². The summed E-state index contributed by atoms with van der Waals surface area (Å²) in [4.78, 5) is 3.98. The Kier molecular flexibility index (Phi) is 4.22. The van der Waals surface area contributed by atoms with Crippen LogP contribution in [0.4, 0.5) is 8.78 Å². The van der Waals surface area contributed by atoms with Crippen LogP contribution in [0.2, 0.25) is 0 Å². The maximum atomic E-state index is 14.0. The highest BCUT2D eigenvalue weighted by atomic mass is 19.3. The van der Waals surface area contributed by atoms with Gasteiger partial charge < -0.3 is 5.32 Å². The van der Waals surface area contributed by atoms with Gasteiger partial charge in [-0.25, -0.2) is 0 Å². The van der Waals surface area contributed by atoms with Crippen molar-refractivity contribution in [2.75, 3.05) is 6.54 Å². The van der Waals surface area contributed by atoms with Gasteiger partial charge in [-0.15, -0.1) is 0 Å². The topological polar surface area (TPSA) is 24.9 Å². The molecule has 0 bridgehead atoms. The molecule has 1 atom stereocenters. The molecule has 1 heterocycles. The maximum Gasteiger partial charge on any atom is 0.285 e. The van der Waals surface area contributed by atoms with Gasteiger partial charge in [0.15, 0.2) is 0 Å². The summed E-state index contributed by atoms with van der Waals surface area (Å²) >= 11 is 0. The molecular weight excluding hydrogens is 246 g/mol. The number of nitrogens with one attached hydrogen (secondary N) is 1. The predicted octanol–water partition coefficient (Wildman–Crippen LogP) is 3.52. The van der Waals surface area contributed by atoms with E-state index >= 15 is 0 Å². The summed E-state index contributed by atoms with van der Waals surface area (Å²) in [6.45, 7) is 1.45. The van der Waals surface area contributed by atoms with E-state index in [0.717, 1.165) is 5.56 Å². The van der Waals surface area contributed by atoms with Gasteiger partial charge in [0.25, 0.3) is 5.92 Å². The Labute approximate surface area is 111 Å². The van der Waals surface area contributed by atoms with E-state index in [4.69, 9.17) is 0 Å². The molecule has 0 amide bonds. The van der Waals surface area contributed by atoms with Crippen LogP contribution < -0.4 is 5.32 Å². The van der Waals surface area contributed by atoms with Crippen LogP contribution in [0.25, 0.3) is 0 Å². The van der Waals surface area contributed by atoms with Crippen LogP contribution in [0.5, 0.6) is 0 Å². The average molecular weight is 262 g/mol. The molecular formula is C15H16F2N2. The summed E-state index contributed by atoms with van der Waals surface area (Å²) in [6, 6.07) is 11.3. The molecule has 0 unspecified atom stereocenters. The van der Waals surface area contributed by atoms with Gasteiger partial charge in [0.1, 0.15) is 0 Å². The first kappa shape index (κ1) is 13.6. The van der Waals surface area contributed by atoms with Gasteiger partial charge in [-0.1, -0.05) is 36.4 Å². The van der Waals surface area contributed by atoms with Crippen molar-refractivity contribution >= 4 is 0 Å². The zero-order valence-electron chi connectivity index (χ0n) is 10.7. The minimum atomic E-state index is -2.88. The average Bonchev–Trinajstić information content (AvgIpc) is 2.47. The highest BCUT2D eigenvalue weighted by Crippen LogP contribution is 2.27. The minimum Gasteiger partial charge on any atom is -0.304 e. The fraction of sp³-hybridized carbons (Fsp3) is 0.267. The lowest BCUT2D eigenvalue weighted by molar-refractivity contribution is -0.00534. The van der Waals surface area contributed by atoms with Crippen LogP contribution in [-0.4, -0.2) is 11.5 Å². The maximum absolute atomic E-state index is 14.0. The minimum absolute atomic E-state index is 0.0286. The van der Waals surface area contributed by atoms with E-state index in [1.54, 1.807) is 36.7 Å². The lowest BCUT2D eigenvalue weighted by Crippen LogP contribution is -2.32. The second-order valence-electron chi connectivity index (χ2n) is 4.46. The lowest BCUT2D eigenvalue weighted by Gasteiger charge is -2.21. The van der Waals surface area contributed by atoms with E-state index in [1.807, 2.05) is 13.0 Å². The van der Waals surface area contributed by atoms with Gasteiger partial charge in [-0.3, -0.25) is 4.98 Å². The number of alkyl halides is 2. The molecule has 0 fully saturated rings. The van der Waals surface area contributed by atoms with Crippen molar-refractivity contribution in [2.24, 2.45) is 0 Å². The van der Waals surface area contributed by atoms with Crippen molar-refractivity contribution in [1.29, 1.82) is 0 Å². The summed E-state index contributed by atoms with van der Waals surface area (Å²) in [6.07, 6.45) is 3.34. The number of aromatic nitrogens is 1. The molecule has 1 N–H and O–H groups in total. The van der Waals surface area contributed by atoms with Crippen LogP contribution in [0.1, 0.15) is 24.1 Å². The molecule has 0 saturated heterocycles. The zero-order valence-corrected chi connectivity index (χ0v) is 10.7. The number of hydrogen-bond acceptors (Lipinski definition) is 2. The van der Waals surface area contributed by atoms with E-state index in [2.05, 4.69) is 10.3 Å². The van der Waals surface area contributed by atoms with Crippen molar-refractivity contribution in [1.82, 2.24) is 10.3 Å². The standard InChI is InChI=1S/C15H16F2N2/c1-12(13-6-5-9-18-10-13)19-11-15(16,17)14-7-3-2-4-8-14/h2-10,12,19H,11H2,1H3/t12-/m1/s1. The Balaban J connectivity index is 1.99. The molecule has 100 valence electrons. The predicted molar refractivity (Wildman–Crippen MR) is 71.0 cm³/mol. The summed E-state index contributed by atoms with van der Waals surface area (Å²) < 4.78 is 27.9.